The predicted octanol–water partition coefficient (Wildman–Crippen LogP) is 1.94. The molecule has 2 aromatic rings. The van der Waals surface area contributed by atoms with Gasteiger partial charge >= 0.3 is 11.9 Å². The maximum atomic E-state index is 12.6. The highest BCUT2D eigenvalue weighted by atomic mass is 16.5. The normalized spacial score (nSPS) is 12.9. The molecule has 1 heterocycles. The van der Waals surface area contributed by atoms with Gasteiger partial charge in [0.2, 0.25) is 5.75 Å². The van der Waals surface area contributed by atoms with Gasteiger partial charge in [-0.1, -0.05) is 37.3 Å². The van der Waals surface area contributed by atoms with Gasteiger partial charge in [0.15, 0.2) is 5.69 Å². The number of aliphatic carboxylic acids is 1. The molecule has 0 saturated carbocycles. The second kappa shape index (κ2) is 8.48. The highest BCUT2D eigenvalue weighted by Crippen LogP contribution is 2.32. The number of ether oxygens (including phenoxy) is 2. The molecule has 1 aromatic carbocycles. The molecule has 0 radical (unpaired) electrons. The molecule has 0 fully saturated rings. The van der Waals surface area contributed by atoms with Gasteiger partial charge in [0.05, 0.1) is 19.6 Å². The molecule has 0 aliphatic carbocycles. The minimum Gasteiger partial charge on any atom is -0.489 e. The molecule has 8 heteroatoms. The standard InChI is InChI=1S/C19H22N2O6/c1-5-27-19(25)14-15(26-4)17(22)21(3)16(20-14)11(2)13(18(23)24)12-9-7-6-8-10-12/h6-11,13H,5H2,1-4H3,(H,23,24). The Labute approximate surface area is 156 Å². The number of nitrogens with zero attached hydrogens (tertiary/aromatic N) is 2. The van der Waals surface area contributed by atoms with Gasteiger partial charge in [0, 0.05) is 13.0 Å². The van der Waals surface area contributed by atoms with Crippen LogP contribution in [0.5, 0.6) is 5.75 Å². The summed E-state index contributed by atoms with van der Waals surface area (Å²) in [5.74, 6) is -3.59. The van der Waals surface area contributed by atoms with E-state index in [0.717, 1.165) is 0 Å². The van der Waals surface area contributed by atoms with Crippen molar-refractivity contribution in [3.05, 3.63) is 57.8 Å². The number of methoxy groups -OCH3 is 1. The first-order valence-electron chi connectivity index (χ1n) is 8.43. The Morgan fingerprint density at radius 3 is 2.41 bits per heavy atom. The first-order valence-corrected chi connectivity index (χ1v) is 8.43. The zero-order valence-electron chi connectivity index (χ0n) is 15.6. The van der Waals surface area contributed by atoms with Gasteiger partial charge in [-0.15, -0.1) is 0 Å². The molecule has 0 spiro atoms. The zero-order chi connectivity index (χ0) is 20.1. The number of aromatic nitrogens is 2. The molecule has 8 nitrogen and oxygen atoms in total. The highest BCUT2D eigenvalue weighted by Gasteiger charge is 2.32. The fraction of sp³-hybridized carbons (Fsp3) is 0.368. The summed E-state index contributed by atoms with van der Waals surface area (Å²) < 4.78 is 11.2. The van der Waals surface area contributed by atoms with Gasteiger partial charge in [0.1, 0.15) is 5.82 Å². The lowest BCUT2D eigenvalue weighted by atomic mass is 9.86. The fourth-order valence-corrected chi connectivity index (χ4v) is 2.98. The molecule has 2 atom stereocenters. The lowest BCUT2D eigenvalue weighted by molar-refractivity contribution is -0.139. The van der Waals surface area contributed by atoms with Crippen LogP contribution in [-0.2, 0) is 16.6 Å². The van der Waals surface area contributed by atoms with Gasteiger partial charge in [0.25, 0.3) is 5.56 Å². The van der Waals surface area contributed by atoms with Crippen LogP contribution in [0.2, 0.25) is 0 Å². The van der Waals surface area contributed by atoms with Crippen molar-refractivity contribution < 1.29 is 24.2 Å². The summed E-state index contributed by atoms with van der Waals surface area (Å²) in [6.45, 7) is 3.38. The Bertz CT molecular complexity index is 891. The fourth-order valence-electron chi connectivity index (χ4n) is 2.98. The van der Waals surface area contributed by atoms with E-state index >= 15 is 0 Å². The number of carbonyl (C=O) groups excluding carboxylic acids is 1. The smallest absolute Gasteiger partial charge is 0.361 e. The minimum atomic E-state index is -1.06. The SMILES string of the molecule is CCOC(=O)c1nc(C(C)C(C(=O)O)c2ccccc2)n(C)c(=O)c1OC. The van der Waals surface area contributed by atoms with Crippen LogP contribution >= 0.6 is 0 Å². The van der Waals surface area contributed by atoms with E-state index in [-0.39, 0.29) is 23.9 Å². The molecule has 1 N–H and O–H groups in total. The number of benzene rings is 1. The molecule has 0 aliphatic heterocycles. The van der Waals surface area contributed by atoms with Crippen molar-refractivity contribution in [2.24, 2.45) is 7.05 Å². The predicted molar refractivity (Wildman–Crippen MR) is 97.2 cm³/mol. The summed E-state index contributed by atoms with van der Waals surface area (Å²) in [6, 6.07) is 8.66. The van der Waals surface area contributed by atoms with Crippen molar-refractivity contribution in [1.29, 1.82) is 0 Å². The Morgan fingerprint density at radius 2 is 1.89 bits per heavy atom. The Hall–Kier alpha value is -3.16. The van der Waals surface area contributed by atoms with Gasteiger partial charge in [-0.05, 0) is 12.5 Å². The average Bonchev–Trinajstić information content (AvgIpc) is 2.64. The van der Waals surface area contributed by atoms with E-state index in [1.807, 2.05) is 0 Å². The van der Waals surface area contributed by atoms with E-state index in [0.29, 0.717) is 5.56 Å². The monoisotopic (exact) mass is 374 g/mol. The summed E-state index contributed by atoms with van der Waals surface area (Å²) in [4.78, 5) is 41.0. The number of esters is 1. The summed E-state index contributed by atoms with van der Waals surface area (Å²) in [5, 5.41) is 9.75. The third kappa shape index (κ3) is 3.99. The van der Waals surface area contributed by atoms with Gasteiger partial charge in [-0.2, -0.15) is 0 Å². The van der Waals surface area contributed by atoms with E-state index in [1.54, 1.807) is 44.2 Å². The lowest BCUT2D eigenvalue weighted by Crippen LogP contribution is -2.31. The van der Waals surface area contributed by atoms with E-state index in [4.69, 9.17) is 9.47 Å². The Kier molecular flexibility index (Phi) is 6.33. The number of carboxylic acid groups (broad SMARTS) is 1. The van der Waals surface area contributed by atoms with Crippen molar-refractivity contribution in [1.82, 2.24) is 9.55 Å². The molecular formula is C19H22N2O6. The number of carboxylic acids is 1. The molecule has 0 amide bonds. The van der Waals surface area contributed by atoms with Crippen molar-refractivity contribution in [2.45, 2.75) is 25.7 Å². The maximum Gasteiger partial charge on any atom is 0.361 e. The molecule has 27 heavy (non-hydrogen) atoms. The van der Waals surface area contributed by atoms with Crippen LogP contribution in [0.4, 0.5) is 0 Å². The lowest BCUT2D eigenvalue weighted by Gasteiger charge is -2.23. The van der Waals surface area contributed by atoms with Gasteiger partial charge in [-0.3, -0.25) is 14.2 Å². The largest absolute Gasteiger partial charge is 0.489 e. The van der Waals surface area contributed by atoms with Crippen molar-refractivity contribution in [2.75, 3.05) is 13.7 Å². The number of carbonyl (C=O) groups is 2. The van der Waals surface area contributed by atoms with Crippen LogP contribution in [0.1, 0.15) is 47.6 Å². The third-order valence-corrected chi connectivity index (χ3v) is 4.29. The van der Waals surface area contributed by atoms with E-state index < -0.39 is 29.3 Å². The molecule has 0 bridgehead atoms. The first kappa shape index (κ1) is 20.2. The topological polar surface area (TPSA) is 108 Å². The van der Waals surface area contributed by atoms with Crippen LogP contribution in [-0.4, -0.2) is 40.3 Å². The third-order valence-electron chi connectivity index (χ3n) is 4.29. The van der Waals surface area contributed by atoms with Crippen molar-refractivity contribution in [3.63, 3.8) is 0 Å². The minimum absolute atomic E-state index is 0.103. The van der Waals surface area contributed by atoms with Crippen LogP contribution in [0.25, 0.3) is 0 Å². The Morgan fingerprint density at radius 1 is 1.26 bits per heavy atom. The van der Waals surface area contributed by atoms with Crippen LogP contribution in [0.3, 0.4) is 0 Å². The van der Waals surface area contributed by atoms with Gasteiger partial charge < -0.3 is 14.6 Å². The molecule has 1 aromatic heterocycles. The second-order valence-electron chi connectivity index (χ2n) is 5.95. The summed E-state index contributed by atoms with van der Waals surface area (Å²) in [7, 11) is 2.72. The highest BCUT2D eigenvalue weighted by molar-refractivity contribution is 5.90. The molecule has 144 valence electrons. The molecular weight excluding hydrogens is 352 g/mol. The van der Waals surface area contributed by atoms with Crippen molar-refractivity contribution in [3.8, 4) is 5.75 Å². The maximum absolute atomic E-state index is 12.6. The summed E-state index contributed by atoms with van der Waals surface area (Å²) in [5.41, 5.74) is -0.281. The van der Waals surface area contributed by atoms with Crippen LogP contribution in [0.15, 0.2) is 35.1 Å². The molecule has 2 unspecified atom stereocenters. The number of hydrogen-bond donors (Lipinski definition) is 1. The number of hydrogen-bond acceptors (Lipinski definition) is 6. The number of rotatable bonds is 7. The van der Waals surface area contributed by atoms with Gasteiger partial charge in [-0.25, -0.2) is 9.78 Å². The summed E-state index contributed by atoms with van der Waals surface area (Å²) in [6.07, 6.45) is 0. The van der Waals surface area contributed by atoms with Crippen LogP contribution in [0, 0.1) is 0 Å². The molecule has 2 rings (SSSR count). The second-order valence-corrected chi connectivity index (χ2v) is 5.95. The first-order chi connectivity index (χ1) is 12.8. The zero-order valence-corrected chi connectivity index (χ0v) is 15.6. The van der Waals surface area contributed by atoms with E-state index in [1.165, 1.54) is 18.7 Å². The summed E-state index contributed by atoms with van der Waals surface area (Å²) >= 11 is 0. The van der Waals surface area contributed by atoms with E-state index in [2.05, 4.69) is 4.98 Å². The van der Waals surface area contributed by atoms with Crippen LogP contribution < -0.4 is 10.3 Å². The van der Waals surface area contributed by atoms with Crippen molar-refractivity contribution >= 4 is 11.9 Å². The molecule has 0 aliphatic rings. The average molecular weight is 374 g/mol. The van der Waals surface area contributed by atoms with E-state index in [9.17, 15) is 19.5 Å². The quantitative estimate of drug-likeness (QED) is 0.738. The molecule has 0 saturated heterocycles. The Balaban J connectivity index is 2.64.